The number of nitrogens with zero attached hydrogens (tertiary/aromatic N) is 4. The fourth-order valence-electron chi connectivity index (χ4n) is 2.04. The van der Waals surface area contributed by atoms with Crippen molar-refractivity contribution in [1.29, 1.82) is 0 Å². The van der Waals surface area contributed by atoms with Crippen molar-refractivity contribution < 1.29 is 8.42 Å². The minimum atomic E-state index is -3.11. The topological polar surface area (TPSA) is 68.1 Å². The zero-order chi connectivity index (χ0) is 12.5. The van der Waals surface area contributed by atoms with Crippen LogP contribution in [-0.2, 0) is 10.0 Å². The zero-order valence-corrected chi connectivity index (χ0v) is 11.0. The summed E-state index contributed by atoms with van der Waals surface area (Å²) in [5, 5.41) is 7.85. The van der Waals surface area contributed by atoms with Gasteiger partial charge in [0.2, 0.25) is 10.0 Å². The molecule has 0 unspecified atom stereocenters. The molecule has 2 heterocycles. The van der Waals surface area contributed by atoms with Crippen molar-refractivity contribution in [2.24, 2.45) is 0 Å². The number of aromatic nitrogens is 3. The Morgan fingerprint density at radius 3 is 2.18 bits per heavy atom. The third kappa shape index (κ3) is 2.50. The number of hydrogen-bond donors (Lipinski definition) is 0. The molecule has 96 valence electrons. The lowest BCUT2D eigenvalue weighted by molar-refractivity contribution is 0.244. The molecule has 1 aliphatic heterocycles. The van der Waals surface area contributed by atoms with E-state index < -0.39 is 10.0 Å². The molecular weight excluding hydrogens is 240 g/mol. The van der Waals surface area contributed by atoms with E-state index in [-0.39, 0.29) is 11.3 Å². The maximum Gasteiger partial charge on any atom is 0.216 e. The summed E-state index contributed by atoms with van der Waals surface area (Å²) in [6, 6.07) is 0.226. The van der Waals surface area contributed by atoms with Crippen LogP contribution in [-0.4, -0.2) is 46.1 Å². The van der Waals surface area contributed by atoms with E-state index in [1.807, 2.05) is 0 Å². The Morgan fingerprint density at radius 2 is 1.71 bits per heavy atom. The summed E-state index contributed by atoms with van der Waals surface area (Å²) in [4.78, 5) is 1.68. The Morgan fingerprint density at radius 1 is 1.18 bits per heavy atom. The summed E-state index contributed by atoms with van der Waals surface area (Å²) in [5.41, 5.74) is 0. The van der Waals surface area contributed by atoms with Gasteiger partial charge in [-0.2, -0.15) is 15.0 Å². The van der Waals surface area contributed by atoms with Crippen LogP contribution in [0.1, 0.15) is 32.7 Å². The summed E-state index contributed by atoms with van der Waals surface area (Å²) in [6.07, 6.45) is 4.86. The van der Waals surface area contributed by atoms with Crippen molar-refractivity contribution in [3.63, 3.8) is 0 Å². The Kier molecular flexibility index (Phi) is 3.48. The molecule has 1 aliphatic rings. The minimum absolute atomic E-state index is 0.226. The third-order valence-electron chi connectivity index (χ3n) is 3.14. The zero-order valence-electron chi connectivity index (χ0n) is 10.2. The van der Waals surface area contributed by atoms with Crippen LogP contribution in [0.2, 0.25) is 0 Å². The van der Waals surface area contributed by atoms with Crippen molar-refractivity contribution >= 4 is 10.0 Å². The molecule has 0 radical (unpaired) electrons. The van der Waals surface area contributed by atoms with Gasteiger partial charge in [0, 0.05) is 13.1 Å². The second-order valence-corrected chi connectivity index (χ2v) is 7.06. The summed E-state index contributed by atoms with van der Waals surface area (Å²) in [5.74, 6) is 0. The molecule has 1 saturated heterocycles. The lowest BCUT2D eigenvalue weighted by Crippen LogP contribution is -2.42. The Hall–Kier alpha value is -0.950. The van der Waals surface area contributed by atoms with Crippen molar-refractivity contribution in [3.05, 3.63) is 12.4 Å². The number of hydrogen-bond acceptors (Lipinski definition) is 4. The number of rotatable bonds is 3. The summed E-state index contributed by atoms with van der Waals surface area (Å²) >= 11 is 0. The predicted octanol–water partition coefficient (Wildman–Crippen LogP) is 0.653. The highest BCUT2D eigenvalue weighted by Crippen LogP contribution is 2.23. The SMILES string of the molecule is CC(C)S(=O)(=O)N1CCC(n2nccn2)CC1. The Bertz CT molecular complexity index is 447. The van der Waals surface area contributed by atoms with Gasteiger partial charge in [-0.3, -0.25) is 0 Å². The fourth-order valence-corrected chi connectivity index (χ4v) is 3.36. The van der Waals surface area contributed by atoms with Crippen LogP contribution < -0.4 is 0 Å². The number of piperidine rings is 1. The van der Waals surface area contributed by atoms with E-state index in [1.165, 1.54) is 0 Å². The van der Waals surface area contributed by atoms with Crippen LogP contribution in [0.3, 0.4) is 0 Å². The largest absolute Gasteiger partial charge is 0.216 e. The summed E-state index contributed by atoms with van der Waals surface area (Å²) < 4.78 is 25.5. The molecule has 0 aromatic carbocycles. The fraction of sp³-hybridized carbons (Fsp3) is 0.800. The van der Waals surface area contributed by atoms with Gasteiger partial charge in [-0.15, -0.1) is 0 Å². The van der Waals surface area contributed by atoms with Crippen LogP contribution in [0, 0.1) is 0 Å². The highest BCUT2D eigenvalue weighted by atomic mass is 32.2. The average Bonchev–Trinajstić information content (AvgIpc) is 2.82. The van der Waals surface area contributed by atoms with Crippen molar-refractivity contribution in [2.45, 2.75) is 38.0 Å². The van der Waals surface area contributed by atoms with Crippen molar-refractivity contribution in [3.8, 4) is 0 Å². The van der Waals surface area contributed by atoms with Crippen molar-refractivity contribution in [2.75, 3.05) is 13.1 Å². The molecule has 0 N–H and O–H groups in total. The third-order valence-corrected chi connectivity index (χ3v) is 5.42. The molecule has 0 amide bonds. The molecule has 2 rings (SSSR count). The molecular formula is C10H18N4O2S. The maximum absolute atomic E-state index is 12.0. The van der Waals surface area contributed by atoms with Gasteiger partial charge in [0.15, 0.2) is 0 Å². The smallest absolute Gasteiger partial charge is 0.212 e. The first-order valence-electron chi connectivity index (χ1n) is 5.86. The molecule has 0 bridgehead atoms. The molecule has 1 fully saturated rings. The molecule has 0 spiro atoms. The van der Waals surface area contributed by atoms with Crippen molar-refractivity contribution in [1.82, 2.24) is 19.3 Å². The van der Waals surface area contributed by atoms with Crippen LogP contribution in [0.25, 0.3) is 0 Å². The van der Waals surface area contributed by atoms with Gasteiger partial charge in [0.1, 0.15) is 0 Å². The van der Waals surface area contributed by atoms with Gasteiger partial charge in [-0.1, -0.05) is 0 Å². The summed E-state index contributed by atoms with van der Waals surface area (Å²) in [6.45, 7) is 4.56. The van der Waals surface area contributed by atoms with E-state index in [9.17, 15) is 8.42 Å². The molecule has 0 atom stereocenters. The first kappa shape index (κ1) is 12.5. The van der Waals surface area contributed by atoms with Gasteiger partial charge >= 0.3 is 0 Å². The maximum atomic E-state index is 12.0. The first-order valence-corrected chi connectivity index (χ1v) is 7.37. The standard InChI is InChI=1S/C10H18N4O2S/c1-9(2)17(15,16)13-7-3-10(4-8-13)14-11-5-6-12-14/h5-6,9-10H,3-4,7-8H2,1-2H3. The quantitative estimate of drug-likeness (QED) is 0.798. The molecule has 0 saturated carbocycles. The normalized spacial score (nSPS) is 19.9. The number of sulfonamides is 1. The second kappa shape index (κ2) is 4.73. The van der Waals surface area contributed by atoms with Crippen LogP contribution in [0.15, 0.2) is 12.4 Å². The molecule has 7 heteroatoms. The highest BCUT2D eigenvalue weighted by Gasteiger charge is 2.31. The van der Waals surface area contributed by atoms with Gasteiger partial charge in [-0.05, 0) is 26.7 Å². The molecule has 6 nitrogen and oxygen atoms in total. The van der Waals surface area contributed by atoms with E-state index in [1.54, 1.807) is 35.3 Å². The Balaban J connectivity index is 1.99. The van der Waals surface area contributed by atoms with E-state index in [0.29, 0.717) is 13.1 Å². The van der Waals surface area contributed by atoms with Crippen LogP contribution in [0.5, 0.6) is 0 Å². The molecule has 17 heavy (non-hydrogen) atoms. The van der Waals surface area contributed by atoms with Crippen LogP contribution >= 0.6 is 0 Å². The Labute approximate surface area is 102 Å². The average molecular weight is 258 g/mol. The minimum Gasteiger partial charge on any atom is -0.212 e. The van der Waals surface area contributed by atoms with Gasteiger partial charge in [0.05, 0.1) is 23.7 Å². The van der Waals surface area contributed by atoms with E-state index in [0.717, 1.165) is 12.8 Å². The summed E-state index contributed by atoms with van der Waals surface area (Å²) in [7, 11) is -3.11. The lowest BCUT2D eigenvalue weighted by atomic mass is 10.1. The molecule has 1 aromatic rings. The van der Waals surface area contributed by atoms with E-state index in [4.69, 9.17) is 0 Å². The lowest BCUT2D eigenvalue weighted by Gasteiger charge is -2.31. The second-order valence-electron chi connectivity index (χ2n) is 4.57. The van der Waals surface area contributed by atoms with Gasteiger partial charge in [0.25, 0.3) is 0 Å². The molecule has 1 aromatic heterocycles. The van der Waals surface area contributed by atoms with Gasteiger partial charge in [-0.25, -0.2) is 12.7 Å². The predicted molar refractivity (Wildman–Crippen MR) is 63.9 cm³/mol. The first-order chi connectivity index (χ1) is 8.01. The van der Waals surface area contributed by atoms with E-state index >= 15 is 0 Å². The monoisotopic (exact) mass is 258 g/mol. The van der Waals surface area contributed by atoms with Gasteiger partial charge < -0.3 is 0 Å². The highest BCUT2D eigenvalue weighted by molar-refractivity contribution is 7.89. The van der Waals surface area contributed by atoms with E-state index in [2.05, 4.69) is 10.2 Å². The molecule has 0 aliphatic carbocycles. The van der Waals surface area contributed by atoms with Crippen LogP contribution in [0.4, 0.5) is 0 Å².